The van der Waals surface area contributed by atoms with E-state index < -0.39 is 5.82 Å². The van der Waals surface area contributed by atoms with Gasteiger partial charge in [-0.05, 0) is 48.9 Å². The molecule has 2 N–H and O–H groups in total. The predicted molar refractivity (Wildman–Crippen MR) is 76.5 cm³/mol. The number of hydrogen-bond donors (Lipinski definition) is 1. The quantitative estimate of drug-likeness (QED) is 0.670. The number of rotatable bonds is 5. The molecule has 0 aliphatic carbocycles. The van der Waals surface area contributed by atoms with Gasteiger partial charge in [0, 0.05) is 16.8 Å². The Morgan fingerprint density at radius 2 is 1.90 bits per heavy atom. The smallest absolute Gasteiger partial charge is 0.195 e. The fraction of sp³-hybridized carbons (Fsp3) is 0.188. The summed E-state index contributed by atoms with van der Waals surface area (Å²) < 4.78 is 18.6. The molecule has 0 saturated heterocycles. The first-order chi connectivity index (χ1) is 9.61. The van der Waals surface area contributed by atoms with Crippen molar-refractivity contribution in [1.82, 2.24) is 0 Å². The average molecular weight is 273 g/mol. The minimum absolute atomic E-state index is 0.173. The lowest BCUT2D eigenvalue weighted by Gasteiger charge is -2.07. The number of ketones is 1. The van der Waals surface area contributed by atoms with E-state index in [0.29, 0.717) is 17.9 Å². The van der Waals surface area contributed by atoms with Crippen LogP contribution >= 0.6 is 0 Å². The van der Waals surface area contributed by atoms with Crippen molar-refractivity contribution in [3.05, 3.63) is 59.4 Å². The molecule has 0 spiro atoms. The predicted octanol–water partition coefficient (Wildman–Crippen LogP) is 3.43. The van der Waals surface area contributed by atoms with Crippen LogP contribution in [0.5, 0.6) is 5.75 Å². The monoisotopic (exact) mass is 273 g/mol. The van der Waals surface area contributed by atoms with Crippen LogP contribution in [0.1, 0.15) is 29.3 Å². The molecule has 0 saturated carbocycles. The lowest BCUT2D eigenvalue weighted by molar-refractivity contribution is 0.103. The van der Waals surface area contributed by atoms with Crippen molar-refractivity contribution in [3.63, 3.8) is 0 Å². The molecule has 3 nitrogen and oxygen atoms in total. The van der Waals surface area contributed by atoms with Crippen LogP contribution in [0.4, 0.5) is 10.1 Å². The number of benzene rings is 2. The molecule has 0 atom stereocenters. The van der Waals surface area contributed by atoms with Gasteiger partial charge in [0.1, 0.15) is 11.6 Å². The molecule has 0 aliphatic heterocycles. The van der Waals surface area contributed by atoms with Gasteiger partial charge in [0.2, 0.25) is 0 Å². The topological polar surface area (TPSA) is 52.3 Å². The number of anilines is 1. The number of carbonyl (C=O) groups is 1. The zero-order chi connectivity index (χ0) is 14.5. The lowest BCUT2D eigenvalue weighted by Crippen LogP contribution is -2.06. The molecule has 104 valence electrons. The average Bonchev–Trinajstić information content (AvgIpc) is 2.47. The standard InChI is InChI=1S/C16H16FNO2/c1-2-9-20-13-6-3-11(4-7-13)16(19)14-10-12(17)5-8-15(14)18/h3-8,10H,2,9,18H2,1H3. The molecule has 20 heavy (non-hydrogen) atoms. The van der Waals surface area contributed by atoms with Gasteiger partial charge in [-0.15, -0.1) is 0 Å². The van der Waals surface area contributed by atoms with Crippen molar-refractivity contribution in [2.75, 3.05) is 12.3 Å². The van der Waals surface area contributed by atoms with E-state index in [1.807, 2.05) is 6.92 Å². The zero-order valence-corrected chi connectivity index (χ0v) is 11.2. The van der Waals surface area contributed by atoms with Gasteiger partial charge in [0.05, 0.1) is 6.61 Å². The third kappa shape index (κ3) is 3.15. The molecule has 0 aliphatic rings. The van der Waals surface area contributed by atoms with Crippen molar-refractivity contribution in [3.8, 4) is 5.75 Å². The molecule has 0 bridgehead atoms. The van der Waals surface area contributed by atoms with Gasteiger partial charge in [-0.25, -0.2) is 4.39 Å². The molecule has 2 aromatic carbocycles. The summed E-state index contributed by atoms with van der Waals surface area (Å²) in [6.45, 7) is 2.65. The van der Waals surface area contributed by atoms with Crippen LogP contribution in [0.3, 0.4) is 0 Å². The molecule has 0 radical (unpaired) electrons. The van der Waals surface area contributed by atoms with Crippen molar-refractivity contribution < 1.29 is 13.9 Å². The third-order valence-electron chi connectivity index (χ3n) is 2.85. The highest BCUT2D eigenvalue weighted by Gasteiger charge is 2.13. The van der Waals surface area contributed by atoms with E-state index in [2.05, 4.69) is 0 Å². The number of hydrogen-bond acceptors (Lipinski definition) is 3. The molecular formula is C16H16FNO2. The fourth-order valence-corrected chi connectivity index (χ4v) is 1.80. The molecule has 2 aromatic rings. The van der Waals surface area contributed by atoms with Crippen LogP contribution in [0.15, 0.2) is 42.5 Å². The van der Waals surface area contributed by atoms with E-state index in [4.69, 9.17) is 10.5 Å². The summed E-state index contributed by atoms with van der Waals surface area (Å²) in [5.74, 6) is -0.0786. The Kier molecular flexibility index (Phi) is 4.35. The number of nitrogen functional groups attached to an aromatic ring is 1. The Labute approximate surface area is 117 Å². The van der Waals surface area contributed by atoms with Crippen molar-refractivity contribution in [2.45, 2.75) is 13.3 Å². The van der Waals surface area contributed by atoms with E-state index in [1.165, 1.54) is 12.1 Å². The van der Waals surface area contributed by atoms with Gasteiger partial charge in [0.15, 0.2) is 5.78 Å². The minimum atomic E-state index is -0.481. The van der Waals surface area contributed by atoms with Crippen LogP contribution in [0.25, 0.3) is 0 Å². The maximum atomic E-state index is 13.2. The highest BCUT2D eigenvalue weighted by molar-refractivity contribution is 6.12. The normalized spacial score (nSPS) is 10.3. The van der Waals surface area contributed by atoms with Gasteiger partial charge in [-0.2, -0.15) is 0 Å². The number of nitrogens with two attached hydrogens (primary N) is 1. The summed E-state index contributed by atoms with van der Waals surface area (Å²) in [6.07, 6.45) is 0.917. The van der Waals surface area contributed by atoms with Crippen molar-refractivity contribution in [2.24, 2.45) is 0 Å². The first-order valence-corrected chi connectivity index (χ1v) is 6.44. The SMILES string of the molecule is CCCOc1ccc(C(=O)c2cc(F)ccc2N)cc1. The summed E-state index contributed by atoms with van der Waals surface area (Å²) in [7, 11) is 0. The molecule has 0 fully saturated rings. The van der Waals surface area contributed by atoms with Crippen LogP contribution in [0.2, 0.25) is 0 Å². The van der Waals surface area contributed by atoms with E-state index in [1.54, 1.807) is 24.3 Å². The molecule has 0 heterocycles. The largest absolute Gasteiger partial charge is 0.494 e. The summed E-state index contributed by atoms with van der Waals surface area (Å²) in [6, 6.07) is 10.5. The maximum Gasteiger partial charge on any atom is 0.195 e. The summed E-state index contributed by atoms with van der Waals surface area (Å²) in [5, 5.41) is 0. The van der Waals surface area contributed by atoms with Crippen LogP contribution in [-0.4, -0.2) is 12.4 Å². The first-order valence-electron chi connectivity index (χ1n) is 6.44. The van der Waals surface area contributed by atoms with Crippen LogP contribution in [-0.2, 0) is 0 Å². The Balaban J connectivity index is 2.22. The molecule has 0 unspecified atom stereocenters. The molecule has 4 heteroatoms. The van der Waals surface area contributed by atoms with Gasteiger partial charge >= 0.3 is 0 Å². The van der Waals surface area contributed by atoms with Gasteiger partial charge in [0.25, 0.3) is 0 Å². The Bertz CT molecular complexity index is 608. The second kappa shape index (κ2) is 6.19. The fourth-order valence-electron chi connectivity index (χ4n) is 1.80. The second-order valence-corrected chi connectivity index (χ2v) is 4.43. The summed E-state index contributed by atoms with van der Waals surface area (Å²) in [5.41, 5.74) is 6.60. The first kappa shape index (κ1) is 14.1. The third-order valence-corrected chi connectivity index (χ3v) is 2.85. The van der Waals surface area contributed by atoms with Gasteiger partial charge < -0.3 is 10.5 Å². The van der Waals surface area contributed by atoms with Gasteiger partial charge in [-0.3, -0.25) is 4.79 Å². The van der Waals surface area contributed by atoms with E-state index in [0.717, 1.165) is 12.5 Å². The summed E-state index contributed by atoms with van der Waals surface area (Å²) in [4.78, 5) is 12.3. The summed E-state index contributed by atoms with van der Waals surface area (Å²) >= 11 is 0. The Morgan fingerprint density at radius 1 is 1.20 bits per heavy atom. The van der Waals surface area contributed by atoms with E-state index in [-0.39, 0.29) is 17.0 Å². The maximum absolute atomic E-state index is 13.2. The van der Waals surface area contributed by atoms with Gasteiger partial charge in [-0.1, -0.05) is 6.92 Å². The molecule has 0 aromatic heterocycles. The van der Waals surface area contributed by atoms with Crippen molar-refractivity contribution >= 4 is 11.5 Å². The molecular weight excluding hydrogens is 257 g/mol. The number of ether oxygens (including phenoxy) is 1. The highest BCUT2D eigenvalue weighted by atomic mass is 19.1. The van der Waals surface area contributed by atoms with Crippen LogP contribution < -0.4 is 10.5 Å². The zero-order valence-electron chi connectivity index (χ0n) is 11.2. The highest BCUT2D eigenvalue weighted by Crippen LogP contribution is 2.20. The number of halogens is 1. The Hall–Kier alpha value is -2.36. The molecule has 0 amide bonds. The van der Waals surface area contributed by atoms with E-state index in [9.17, 15) is 9.18 Å². The van der Waals surface area contributed by atoms with Crippen LogP contribution in [0, 0.1) is 5.82 Å². The second-order valence-electron chi connectivity index (χ2n) is 4.43. The van der Waals surface area contributed by atoms with Crippen molar-refractivity contribution in [1.29, 1.82) is 0 Å². The van der Waals surface area contributed by atoms with E-state index >= 15 is 0 Å². The minimum Gasteiger partial charge on any atom is -0.494 e. The lowest BCUT2D eigenvalue weighted by atomic mass is 10.0. The Morgan fingerprint density at radius 3 is 2.55 bits per heavy atom. The molecule has 2 rings (SSSR count). The number of carbonyl (C=O) groups excluding carboxylic acids is 1.